The molecule has 0 spiro atoms. The smallest absolute Gasteiger partial charge is 0.326 e. The van der Waals surface area contributed by atoms with Gasteiger partial charge in [0.2, 0.25) is 11.8 Å². The van der Waals surface area contributed by atoms with E-state index in [1.807, 2.05) is 42.5 Å². The number of rotatable bonds is 11. The van der Waals surface area contributed by atoms with E-state index in [1.54, 1.807) is 26.2 Å². The van der Waals surface area contributed by atoms with Crippen molar-refractivity contribution in [3.8, 4) is 5.75 Å². The van der Waals surface area contributed by atoms with Gasteiger partial charge in [0.05, 0.1) is 7.11 Å². The van der Waals surface area contributed by atoms with Crippen LogP contribution in [0.15, 0.2) is 54.6 Å². The molecule has 2 amide bonds. The number of aliphatic carboxylic acids is 1. The first-order chi connectivity index (χ1) is 17.3. The van der Waals surface area contributed by atoms with Crippen molar-refractivity contribution in [1.82, 2.24) is 10.2 Å². The lowest BCUT2D eigenvalue weighted by atomic mass is 10.1. The van der Waals surface area contributed by atoms with Crippen LogP contribution >= 0.6 is 11.8 Å². The number of benzene rings is 2. The second kappa shape index (κ2) is 13.1. The number of hydrogen-bond acceptors (Lipinski definition) is 6. The van der Waals surface area contributed by atoms with Crippen LogP contribution in [0.2, 0.25) is 0 Å². The molecular formula is C27H32N2O6S. The summed E-state index contributed by atoms with van der Waals surface area (Å²) >= 11 is 1.11. The minimum absolute atomic E-state index is 0.0410. The van der Waals surface area contributed by atoms with Gasteiger partial charge in [0.25, 0.3) is 0 Å². The minimum Gasteiger partial charge on any atom is -0.497 e. The van der Waals surface area contributed by atoms with Gasteiger partial charge in [0.1, 0.15) is 17.8 Å². The molecule has 9 heteroatoms. The molecule has 1 heterocycles. The highest BCUT2D eigenvalue weighted by molar-refractivity contribution is 8.13. The van der Waals surface area contributed by atoms with E-state index in [1.165, 1.54) is 4.90 Å². The van der Waals surface area contributed by atoms with Crippen molar-refractivity contribution in [2.45, 2.75) is 44.7 Å². The number of amides is 2. The van der Waals surface area contributed by atoms with Crippen LogP contribution in [0.4, 0.5) is 0 Å². The lowest BCUT2D eigenvalue weighted by Crippen LogP contribution is -2.52. The Labute approximate surface area is 215 Å². The quantitative estimate of drug-likeness (QED) is 0.476. The average Bonchev–Trinajstić information content (AvgIpc) is 3.37. The summed E-state index contributed by atoms with van der Waals surface area (Å²) in [5, 5.41) is 12.2. The molecule has 192 valence electrons. The van der Waals surface area contributed by atoms with Crippen molar-refractivity contribution < 1.29 is 29.0 Å². The molecule has 8 nitrogen and oxygen atoms in total. The van der Waals surface area contributed by atoms with Gasteiger partial charge in [-0.1, -0.05) is 61.2 Å². The summed E-state index contributed by atoms with van der Waals surface area (Å²) in [6.45, 7) is 2.18. The molecule has 1 aliphatic rings. The molecule has 2 aromatic carbocycles. The third-order valence-corrected chi connectivity index (χ3v) is 7.29. The number of likely N-dealkylation sites (tertiary alicyclic amines) is 1. The third kappa shape index (κ3) is 7.58. The number of carbonyl (C=O) groups excluding carboxylic acids is 3. The van der Waals surface area contributed by atoms with Crippen molar-refractivity contribution in [2.75, 3.05) is 19.4 Å². The summed E-state index contributed by atoms with van der Waals surface area (Å²) in [5.41, 5.74) is 1.67. The van der Waals surface area contributed by atoms with Crippen molar-refractivity contribution >= 4 is 34.7 Å². The van der Waals surface area contributed by atoms with E-state index in [2.05, 4.69) is 5.32 Å². The first kappa shape index (κ1) is 27.3. The normalized spacial score (nSPS) is 16.7. The number of thioether (sulfide) groups is 1. The topological polar surface area (TPSA) is 113 Å². The second-order valence-electron chi connectivity index (χ2n) is 8.89. The van der Waals surface area contributed by atoms with Crippen LogP contribution in [0, 0.1) is 5.92 Å². The molecule has 0 saturated carbocycles. The molecule has 2 N–H and O–H groups in total. The maximum atomic E-state index is 13.1. The van der Waals surface area contributed by atoms with Gasteiger partial charge >= 0.3 is 5.97 Å². The van der Waals surface area contributed by atoms with Gasteiger partial charge in [0, 0.05) is 31.1 Å². The van der Waals surface area contributed by atoms with Gasteiger partial charge in [-0.2, -0.15) is 0 Å². The first-order valence-electron chi connectivity index (χ1n) is 11.9. The Morgan fingerprint density at radius 2 is 1.78 bits per heavy atom. The lowest BCUT2D eigenvalue weighted by molar-refractivity contribution is -0.144. The van der Waals surface area contributed by atoms with Gasteiger partial charge in [-0.25, -0.2) is 4.79 Å². The maximum Gasteiger partial charge on any atom is 0.326 e. The molecule has 1 saturated heterocycles. The summed E-state index contributed by atoms with van der Waals surface area (Å²) in [6.07, 6.45) is 1.55. The Hall–Kier alpha value is -3.33. The van der Waals surface area contributed by atoms with Crippen LogP contribution < -0.4 is 10.1 Å². The fourth-order valence-electron chi connectivity index (χ4n) is 4.15. The van der Waals surface area contributed by atoms with Crippen molar-refractivity contribution in [2.24, 2.45) is 5.92 Å². The zero-order valence-electron chi connectivity index (χ0n) is 20.5. The molecule has 1 fully saturated rings. The predicted molar refractivity (Wildman–Crippen MR) is 138 cm³/mol. The molecule has 1 aliphatic heterocycles. The van der Waals surface area contributed by atoms with Gasteiger partial charge in [-0.3, -0.25) is 14.4 Å². The molecule has 0 aliphatic carbocycles. The molecule has 0 bridgehead atoms. The maximum absolute atomic E-state index is 13.1. The number of nitrogens with zero attached hydrogens (tertiary/aromatic N) is 1. The molecule has 36 heavy (non-hydrogen) atoms. The zero-order valence-corrected chi connectivity index (χ0v) is 21.3. The van der Waals surface area contributed by atoms with E-state index in [4.69, 9.17) is 4.74 Å². The summed E-state index contributed by atoms with van der Waals surface area (Å²) in [5.74, 6) is -1.21. The number of nitrogens with one attached hydrogen (secondary N) is 1. The van der Waals surface area contributed by atoms with Crippen molar-refractivity contribution in [1.29, 1.82) is 0 Å². The standard InChI is InChI=1S/C27H32N2O6S/c1-18(17-36-24(30)16-20-10-12-21(35-2)13-11-20)26(32)29-14-6-9-23(29)25(31)28-22(27(33)34)15-19-7-4-3-5-8-19/h3-5,7-8,10-13,18,22-23H,6,9,14-17H2,1-2H3,(H,28,31)(H,33,34)/t18?,22-,23-/m0/s1. The number of methoxy groups -OCH3 is 1. The highest BCUT2D eigenvalue weighted by Crippen LogP contribution is 2.23. The SMILES string of the molecule is COc1ccc(CC(=O)SCC(C)C(=O)N2CCC[C@H]2C(=O)N[C@@H](Cc2ccccc2)C(=O)O)cc1. The van der Waals surface area contributed by atoms with E-state index < -0.39 is 29.9 Å². The van der Waals surface area contributed by atoms with Gasteiger partial charge in [-0.15, -0.1) is 0 Å². The van der Waals surface area contributed by atoms with E-state index in [0.29, 0.717) is 25.1 Å². The molecule has 3 rings (SSSR count). The first-order valence-corrected chi connectivity index (χ1v) is 12.9. The number of carboxylic acids is 1. The number of hydrogen-bond donors (Lipinski definition) is 2. The number of carbonyl (C=O) groups is 4. The van der Waals surface area contributed by atoms with Crippen LogP contribution in [0.5, 0.6) is 5.75 Å². The minimum atomic E-state index is -1.12. The van der Waals surface area contributed by atoms with Gasteiger partial charge in [0.15, 0.2) is 5.12 Å². The fraction of sp³-hybridized carbons (Fsp3) is 0.407. The largest absolute Gasteiger partial charge is 0.497 e. The average molecular weight is 513 g/mol. The van der Waals surface area contributed by atoms with Crippen molar-refractivity contribution in [3.63, 3.8) is 0 Å². The Morgan fingerprint density at radius 1 is 1.08 bits per heavy atom. The molecular weight excluding hydrogens is 480 g/mol. The van der Waals surface area contributed by atoms with Crippen LogP contribution in [0.1, 0.15) is 30.9 Å². The predicted octanol–water partition coefficient (Wildman–Crippen LogP) is 2.94. The van der Waals surface area contributed by atoms with Crippen LogP contribution in [0.25, 0.3) is 0 Å². The van der Waals surface area contributed by atoms with E-state index >= 15 is 0 Å². The third-order valence-electron chi connectivity index (χ3n) is 6.16. The molecule has 0 radical (unpaired) electrons. The summed E-state index contributed by atoms with van der Waals surface area (Å²) < 4.78 is 5.12. The van der Waals surface area contributed by atoms with Gasteiger partial charge in [-0.05, 0) is 36.1 Å². The Bertz CT molecular complexity index is 1060. The Morgan fingerprint density at radius 3 is 2.42 bits per heavy atom. The number of carboxylic acid groups (broad SMARTS) is 1. The monoisotopic (exact) mass is 512 g/mol. The van der Waals surface area contributed by atoms with Crippen LogP contribution in [-0.4, -0.2) is 64.4 Å². The molecule has 3 atom stereocenters. The van der Waals surface area contributed by atoms with E-state index in [0.717, 1.165) is 28.6 Å². The Balaban J connectivity index is 1.52. The van der Waals surface area contributed by atoms with E-state index in [9.17, 15) is 24.3 Å². The van der Waals surface area contributed by atoms with E-state index in [-0.39, 0.29) is 23.9 Å². The molecule has 0 aromatic heterocycles. The highest BCUT2D eigenvalue weighted by Gasteiger charge is 2.37. The molecule has 1 unspecified atom stereocenters. The number of ether oxygens (including phenoxy) is 1. The highest BCUT2D eigenvalue weighted by atomic mass is 32.2. The van der Waals surface area contributed by atoms with Crippen LogP contribution in [-0.2, 0) is 32.0 Å². The lowest BCUT2D eigenvalue weighted by Gasteiger charge is -2.27. The van der Waals surface area contributed by atoms with Gasteiger partial charge < -0.3 is 20.1 Å². The summed E-state index contributed by atoms with van der Waals surface area (Å²) in [6, 6.07) is 14.6. The second-order valence-corrected chi connectivity index (χ2v) is 9.97. The summed E-state index contributed by atoms with van der Waals surface area (Å²) in [4.78, 5) is 51.8. The fourth-order valence-corrected chi connectivity index (χ4v) is 5.00. The zero-order chi connectivity index (χ0) is 26.1. The Kier molecular flexibility index (Phi) is 9.93. The summed E-state index contributed by atoms with van der Waals surface area (Å²) in [7, 11) is 1.58. The van der Waals surface area contributed by atoms with Crippen molar-refractivity contribution in [3.05, 3.63) is 65.7 Å². The molecule has 2 aromatic rings. The van der Waals surface area contributed by atoms with Crippen LogP contribution in [0.3, 0.4) is 0 Å².